The molecule has 2 amide bonds. The van der Waals surface area contributed by atoms with E-state index < -0.39 is 24.0 Å². The lowest BCUT2D eigenvalue weighted by Crippen LogP contribution is -2.45. The standard InChI is InChI=1S/C9H15N5O4/c1-9(18,2-7(15)16)4-11-8(17)10-3-6-12-5-13-14-6/h5,18H,2-4H2,1H3,(H,15,16)(H2,10,11,17)(H,12,13,14). The first-order valence-corrected chi connectivity index (χ1v) is 5.19. The van der Waals surface area contributed by atoms with Crippen molar-refractivity contribution in [2.24, 2.45) is 0 Å². The van der Waals surface area contributed by atoms with E-state index in [4.69, 9.17) is 5.11 Å². The summed E-state index contributed by atoms with van der Waals surface area (Å²) in [4.78, 5) is 25.6. The summed E-state index contributed by atoms with van der Waals surface area (Å²) in [7, 11) is 0. The van der Waals surface area contributed by atoms with Gasteiger partial charge in [-0.3, -0.25) is 9.89 Å². The smallest absolute Gasteiger partial charge is 0.315 e. The predicted octanol–water partition coefficient (Wildman–Crippen LogP) is -1.17. The number of urea groups is 1. The Bertz CT molecular complexity index is 403. The van der Waals surface area contributed by atoms with Crippen LogP contribution < -0.4 is 10.6 Å². The number of aliphatic hydroxyl groups is 1. The Balaban J connectivity index is 2.26. The lowest BCUT2D eigenvalue weighted by molar-refractivity contribution is -0.141. The summed E-state index contributed by atoms with van der Waals surface area (Å²) in [5.74, 6) is -0.647. The second-order valence-electron chi connectivity index (χ2n) is 4.04. The van der Waals surface area contributed by atoms with Crippen LogP contribution in [-0.4, -0.2) is 49.5 Å². The quantitative estimate of drug-likeness (QED) is 0.435. The van der Waals surface area contributed by atoms with E-state index in [2.05, 4.69) is 25.8 Å². The largest absolute Gasteiger partial charge is 0.481 e. The van der Waals surface area contributed by atoms with E-state index in [0.717, 1.165) is 0 Å². The number of carboxylic acids is 1. The third kappa shape index (κ3) is 5.25. The van der Waals surface area contributed by atoms with Crippen LogP contribution in [0.2, 0.25) is 0 Å². The van der Waals surface area contributed by atoms with Gasteiger partial charge in [0.15, 0.2) is 0 Å². The average molecular weight is 257 g/mol. The SMILES string of the molecule is CC(O)(CNC(=O)NCc1ncn[nH]1)CC(=O)O. The highest BCUT2D eigenvalue weighted by Gasteiger charge is 2.24. The molecular weight excluding hydrogens is 242 g/mol. The third-order valence-electron chi connectivity index (χ3n) is 2.04. The first-order chi connectivity index (χ1) is 8.39. The molecule has 0 aliphatic carbocycles. The topological polar surface area (TPSA) is 140 Å². The number of H-pyrrole nitrogens is 1. The van der Waals surface area contributed by atoms with Crippen LogP contribution in [0.4, 0.5) is 4.79 Å². The fraction of sp³-hybridized carbons (Fsp3) is 0.556. The number of nitrogens with one attached hydrogen (secondary N) is 3. The van der Waals surface area contributed by atoms with Gasteiger partial charge in [0.1, 0.15) is 12.2 Å². The van der Waals surface area contributed by atoms with Gasteiger partial charge in [-0.1, -0.05) is 0 Å². The zero-order valence-electron chi connectivity index (χ0n) is 9.80. The molecule has 0 radical (unpaired) electrons. The highest BCUT2D eigenvalue weighted by molar-refractivity contribution is 5.74. The lowest BCUT2D eigenvalue weighted by Gasteiger charge is -2.21. The number of hydrogen-bond donors (Lipinski definition) is 5. The summed E-state index contributed by atoms with van der Waals surface area (Å²) in [6.07, 6.45) is 0.863. The molecule has 0 aromatic carbocycles. The minimum atomic E-state index is -1.49. The Morgan fingerprint density at radius 2 is 2.22 bits per heavy atom. The number of amides is 2. The fourth-order valence-corrected chi connectivity index (χ4v) is 1.20. The average Bonchev–Trinajstić information content (AvgIpc) is 2.74. The number of aliphatic carboxylic acids is 1. The van der Waals surface area contributed by atoms with Crippen molar-refractivity contribution in [3.8, 4) is 0 Å². The van der Waals surface area contributed by atoms with Crippen molar-refractivity contribution in [2.75, 3.05) is 6.54 Å². The Hall–Kier alpha value is -2.16. The lowest BCUT2D eigenvalue weighted by atomic mass is 10.0. The minimum Gasteiger partial charge on any atom is -0.481 e. The molecule has 1 atom stereocenters. The number of carbonyl (C=O) groups is 2. The molecule has 0 aliphatic heterocycles. The van der Waals surface area contributed by atoms with Gasteiger partial charge in [0.05, 0.1) is 18.6 Å². The van der Waals surface area contributed by atoms with Crippen LogP contribution in [0.25, 0.3) is 0 Å². The molecule has 0 saturated carbocycles. The Morgan fingerprint density at radius 1 is 1.50 bits per heavy atom. The molecule has 1 aromatic heterocycles. The second kappa shape index (κ2) is 5.96. The molecule has 0 spiro atoms. The zero-order valence-corrected chi connectivity index (χ0v) is 9.80. The molecule has 1 heterocycles. The third-order valence-corrected chi connectivity index (χ3v) is 2.04. The van der Waals surface area contributed by atoms with E-state index in [0.29, 0.717) is 5.82 Å². The molecule has 0 saturated heterocycles. The fourth-order valence-electron chi connectivity index (χ4n) is 1.20. The molecule has 0 aliphatic rings. The van der Waals surface area contributed by atoms with Gasteiger partial charge in [0.25, 0.3) is 0 Å². The number of aromatic amines is 1. The Kier molecular flexibility index (Phi) is 4.60. The summed E-state index contributed by atoms with van der Waals surface area (Å²) in [5.41, 5.74) is -1.49. The van der Waals surface area contributed by atoms with Crippen molar-refractivity contribution < 1.29 is 19.8 Å². The van der Waals surface area contributed by atoms with Crippen molar-refractivity contribution in [2.45, 2.75) is 25.5 Å². The maximum Gasteiger partial charge on any atom is 0.315 e. The number of hydrogen-bond acceptors (Lipinski definition) is 5. The van der Waals surface area contributed by atoms with Gasteiger partial charge in [-0.25, -0.2) is 9.78 Å². The maximum absolute atomic E-state index is 11.3. The van der Waals surface area contributed by atoms with Gasteiger partial charge in [-0.15, -0.1) is 0 Å². The molecule has 1 aromatic rings. The van der Waals surface area contributed by atoms with Gasteiger partial charge in [0.2, 0.25) is 0 Å². The van der Waals surface area contributed by atoms with Crippen molar-refractivity contribution in [1.29, 1.82) is 0 Å². The van der Waals surface area contributed by atoms with E-state index in [1.54, 1.807) is 0 Å². The van der Waals surface area contributed by atoms with Crippen molar-refractivity contribution in [1.82, 2.24) is 25.8 Å². The Morgan fingerprint density at radius 3 is 2.78 bits per heavy atom. The molecular formula is C9H15N5O4. The Labute approximate surface area is 103 Å². The van der Waals surface area contributed by atoms with Crippen LogP contribution in [-0.2, 0) is 11.3 Å². The summed E-state index contributed by atoms with van der Waals surface area (Å²) < 4.78 is 0. The van der Waals surface area contributed by atoms with E-state index in [-0.39, 0.29) is 13.1 Å². The summed E-state index contributed by atoms with van der Waals surface area (Å²) in [6.45, 7) is 1.33. The van der Waals surface area contributed by atoms with E-state index >= 15 is 0 Å². The molecule has 0 fully saturated rings. The zero-order chi connectivity index (χ0) is 13.6. The summed E-state index contributed by atoms with van der Waals surface area (Å²) in [5, 5.41) is 29.2. The number of nitrogens with zero attached hydrogens (tertiary/aromatic N) is 2. The highest BCUT2D eigenvalue weighted by Crippen LogP contribution is 2.06. The maximum atomic E-state index is 11.3. The molecule has 9 heteroatoms. The van der Waals surface area contributed by atoms with Crippen LogP contribution in [0.1, 0.15) is 19.2 Å². The van der Waals surface area contributed by atoms with Gasteiger partial charge >= 0.3 is 12.0 Å². The van der Waals surface area contributed by atoms with Crippen LogP contribution in [0.3, 0.4) is 0 Å². The van der Waals surface area contributed by atoms with Crippen LogP contribution in [0, 0.1) is 0 Å². The normalized spacial score (nSPS) is 13.7. The summed E-state index contributed by atoms with van der Waals surface area (Å²) >= 11 is 0. The predicted molar refractivity (Wildman–Crippen MR) is 59.5 cm³/mol. The number of aromatic nitrogens is 3. The molecule has 0 bridgehead atoms. The molecule has 1 unspecified atom stereocenters. The van der Waals surface area contributed by atoms with Gasteiger partial charge in [-0.2, -0.15) is 5.10 Å². The number of rotatable bonds is 6. The van der Waals surface area contributed by atoms with Crippen molar-refractivity contribution in [3.05, 3.63) is 12.2 Å². The molecule has 18 heavy (non-hydrogen) atoms. The molecule has 5 N–H and O–H groups in total. The van der Waals surface area contributed by atoms with Gasteiger partial charge in [-0.05, 0) is 6.92 Å². The van der Waals surface area contributed by atoms with E-state index in [9.17, 15) is 14.7 Å². The first kappa shape index (κ1) is 13.9. The molecule has 1 rings (SSSR count). The van der Waals surface area contributed by atoms with Crippen LogP contribution >= 0.6 is 0 Å². The van der Waals surface area contributed by atoms with Gasteiger partial charge < -0.3 is 20.8 Å². The van der Waals surface area contributed by atoms with Crippen molar-refractivity contribution in [3.63, 3.8) is 0 Å². The summed E-state index contributed by atoms with van der Waals surface area (Å²) in [6, 6.07) is -0.530. The molecule has 9 nitrogen and oxygen atoms in total. The monoisotopic (exact) mass is 257 g/mol. The van der Waals surface area contributed by atoms with Crippen LogP contribution in [0.5, 0.6) is 0 Å². The van der Waals surface area contributed by atoms with Crippen LogP contribution in [0.15, 0.2) is 6.33 Å². The van der Waals surface area contributed by atoms with E-state index in [1.807, 2.05) is 0 Å². The van der Waals surface area contributed by atoms with Gasteiger partial charge in [0, 0.05) is 6.54 Å². The second-order valence-corrected chi connectivity index (χ2v) is 4.04. The highest BCUT2D eigenvalue weighted by atomic mass is 16.4. The van der Waals surface area contributed by atoms with E-state index in [1.165, 1.54) is 13.3 Å². The first-order valence-electron chi connectivity index (χ1n) is 5.19. The number of carbonyl (C=O) groups excluding carboxylic acids is 1. The number of carboxylic acid groups (broad SMARTS) is 1. The molecule has 100 valence electrons. The van der Waals surface area contributed by atoms with Crippen molar-refractivity contribution >= 4 is 12.0 Å². The minimum absolute atomic E-state index is 0.160.